The Morgan fingerprint density at radius 1 is 1.35 bits per heavy atom. The SMILES string of the molecule is Cc1cccc2c(=O)n3c(C)c(Br)sc3nc12. The number of thiazole rings is 1. The van der Waals surface area contributed by atoms with E-state index in [0.717, 1.165) is 25.5 Å². The number of rotatable bonds is 0. The van der Waals surface area contributed by atoms with Gasteiger partial charge in [-0.1, -0.05) is 23.5 Å². The average molecular weight is 309 g/mol. The van der Waals surface area contributed by atoms with Crippen molar-refractivity contribution in [3.05, 3.63) is 43.6 Å². The van der Waals surface area contributed by atoms with Crippen LogP contribution in [0, 0.1) is 13.8 Å². The van der Waals surface area contributed by atoms with Crippen LogP contribution in [0.1, 0.15) is 11.3 Å². The highest BCUT2D eigenvalue weighted by Crippen LogP contribution is 2.27. The third kappa shape index (κ3) is 1.46. The fourth-order valence-corrected chi connectivity index (χ4v) is 3.40. The summed E-state index contributed by atoms with van der Waals surface area (Å²) < 4.78 is 2.62. The van der Waals surface area contributed by atoms with Crippen LogP contribution in [0.4, 0.5) is 0 Å². The summed E-state index contributed by atoms with van der Waals surface area (Å²) in [6.07, 6.45) is 0. The summed E-state index contributed by atoms with van der Waals surface area (Å²) in [5.74, 6) is 0. The highest BCUT2D eigenvalue weighted by atomic mass is 79.9. The molecule has 0 bridgehead atoms. The lowest BCUT2D eigenvalue weighted by Gasteiger charge is -2.02. The van der Waals surface area contributed by atoms with Crippen LogP contribution >= 0.6 is 27.3 Å². The molecule has 17 heavy (non-hydrogen) atoms. The van der Waals surface area contributed by atoms with E-state index in [4.69, 9.17) is 0 Å². The molecule has 3 aromatic rings. The molecule has 0 amide bonds. The highest BCUT2D eigenvalue weighted by Gasteiger charge is 2.12. The minimum Gasteiger partial charge on any atom is -0.268 e. The Bertz CT molecular complexity index is 803. The van der Waals surface area contributed by atoms with Crippen molar-refractivity contribution in [3.8, 4) is 0 Å². The zero-order valence-electron chi connectivity index (χ0n) is 9.32. The van der Waals surface area contributed by atoms with Crippen LogP contribution in [-0.4, -0.2) is 9.38 Å². The molecule has 1 aromatic carbocycles. The van der Waals surface area contributed by atoms with E-state index in [1.807, 2.05) is 32.0 Å². The molecule has 0 spiro atoms. The topological polar surface area (TPSA) is 34.4 Å². The maximum Gasteiger partial charge on any atom is 0.266 e. The first-order valence-electron chi connectivity index (χ1n) is 5.16. The first-order chi connectivity index (χ1) is 8.09. The van der Waals surface area contributed by atoms with Crippen LogP contribution < -0.4 is 5.56 Å². The lowest BCUT2D eigenvalue weighted by atomic mass is 10.1. The number of benzene rings is 1. The van der Waals surface area contributed by atoms with Gasteiger partial charge in [0.15, 0.2) is 4.96 Å². The third-order valence-corrected chi connectivity index (χ3v) is 4.86. The molecule has 2 aromatic heterocycles. The van der Waals surface area contributed by atoms with Gasteiger partial charge in [-0.15, -0.1) is 0 Å². The van der Waals surface area contributed by atoms with Gasteiger partial charge in [0, 0.05) is 5.69 Å². The molecule has 0 saturated heterocycles. The third-order valence-electron chi connectivity index (χ3n) is 2.87. The maximum atomic E-state index is 12.4. The second-order valence-electron chi connectivity index (χ2n) is 3.97. The van der Waals surface area contributed by atoms with Crippen LogP contribution in [-0.2, 0) is 0 Å². The summed E-state index contributed by atoms with van der Waals surface area (Å²) in [5, 5.41) is 0.677. The summed E-state index contributed by atoms with van der Waals surface area (Å²) in [4.78, 5) is 17.7. The van der Waals surface area contributed by atoms with Gasteiger partial charge < -0.3 is 0 Å². The Kier molecular flexibility index (Phi) is 2.34. The van der Waals surface area contributed by atoms with E-state index in [9.17, 15) is 4.79 Å². The Labute approximate surface area is 110 Å². The van der Waals surface area contributed by atoms with E-state index in [1.54, 1.807) is 4.40 Å². The quantitative estimate of drug-likeness (QED) is 0.638. The Hall–Kier alpha value is -1.20. The van der Waals surface area contributed by atoms with Crippen molar-refractivity contribution in [1.29, 1.82) is 0 Å². The standard InChI is InChI=1S/C12H9BrN2OS/c1-6-4-3-5-8-9(6)14-12-15(11(8)16)7(2)10(13)17-12/h3-5H,1-2H3. The van der Waals surface area contributed by atoms with E-state index < -0.39 is 0 Å². The van der Waals surface area contributed by atoms with Gasteiger partial charge in [0.05, 0.1) is 14.7 Å². The van der Waals surface area contributed by atoms with Gasteiger partial charge >= 0.3 is 0 Å². The number of hydrogen-bond acceptors (Lipinski definition) is 3. The molecule has 0 aliphatic carbocycles. The fraction of sp³-hybridized carbons (Fsp3) is 0.167. The summed E-state index contributed by atoms with van der Waals surface area (Å²) in [7, 11) is 0. The number of aromatic nitrogens is 2. The number of fused-ring (bicyclic) bond motifs is 2. The number of para-hydroxylation sites is 1. The molecule has 0 N–H and O–H groups in total. The summed E-state index contributed by atoms with van der Waals surface area (Å²) >= 11 is 4.94. The monoisotopic (exact) mass is 308 g/mol. The molecule has 5 heteroatoms. The molecule has 0 unspecified atom stereocenters. The number of hydrogen-bond donors (Lipinski definition) is 0. The van der Waals surface area contributed by atoms with Crippen LogP contribution in [0.15, 0.2) is 26.8 Å². The molecule has 0 atom stereocenters. The van der Waals surface area contributed by atoms with Crippen LogP contribution in [0.3, 0.4) is 0 Å². The van der Waals surface area contributed by atoms with Crippen molar-refractivity contribution in [2.75, 3.05) is 0 Å². The zero-order chi connectivity index (χ0) is 12.2. The van der Waals surface area contributed by atoms with Gasteiger partial charge in [0.25, 0.3) is 5.56 Å². The van der Waals surface area contributed by atoms with E-state index in [1.165, 1.54) is 11.3 Å². The first-order valence-corrected chi connectivity index (χ1v) is 6.77. The van der Waals surface area contributed by atoms with E-state index in [-0.39, 0.29) is 5.56 Å². The molecular weight excluding hydrogens is 300 g/mol. The van der Waals surface area contributed by atoms with E-state index >= 15 is 0 Å². The fourth-order valence-electron chi connectivity index (χ4n) is 1.94. The number of aryl methyl sites for hydroxylation is 2. The largest absolute Gasteiger partial charge is 0.268 e. The Balaban J connectivity index is 2.67. The van der Waals surface area contributed by atoms with Crippen molar-refractivity contribution >= 4 is 43.1 Å². The normalized spacial score (nSPS) is 11.5. The zero-order valence-corrected chi connectivity index (χ0v) is 11.7. The van der Waals surface area contributed by atoms with Gasteiger partial charge in [0.1, 0.15) is 0 Å². The van der Waals surface area contributed by atoms with Gasteiger partial charge in [0.2, 0.25) is 0 Å². The number of nitrogens with zero attached hydrogens (tertiary/aromatic N) is 2. The van der Waals surface area contributed by atoms with Gasteiger partial charge in [-0.05, 0) is 41.4 Å². The molecule has 0 fully saturated rings. The molecule has 0 radical (unpaired) electrons. The Morgan fingerprint density at radius 3 is 2.88 bits per heavy atom. The minimum absolute atomic E-state index is 0.00755. The number of halogens is 1. The molecular formula is C12H9BrN2OS. The highest BCUT2D eigenvalue weighted by molar-refractivity contribution is 9.11. The molecule has 0 aliphatic rings. The predicted octanol–water partition coefficient (Wildman–Crippen LogP) is 3.29. The average Bonchev–Trinajstić information content (AvgIpc) is 2.57. The van der Waals surface area contributed by atoms with Crippen molar-refractivity contribution in [1.82, 2.24) is 9.38 Å². The van der Waals surface area contributed by atoms with E-state index in [2.05, 4.69) is 20.9 Å². The van der Waals surface area contributed by atoms with Crippen LogP contribution in [0.25, 0.3) is 15.9 Å². The summed E-state index contributed by atoms with van der Waals surface area (Å²) in [6.45, 7) is 3.89. The lowest BCUT2D eigenvalue weighted by molar-refractivity contribution is 1.04. The molecule has 3 rings (SSSR count). The van der Waals surface area contributed by atoms with Crippen molar-refractivity contribution in [3.63, 3.8) is 0 Å². The van der Waals surface area contributed by atoms with Gasteiger partial charge in [-0.2, -0.15) is 0 Å². The molecule has 0 aliphatic heterocycles. The predicted molar refractivity (Wildman–Crippen MR) is 74.0 cm³/mol. The summed E-state index contributed by atoms with van der Waals surface area (Å²) in [6, 6.07) is 5.69. The van der Waals surface area contributed by atoms with Crippen molar-refractivity contribution < 1.29 is 0 Å². The Morgan fingerprint density at radius 2 is 2.12 bits per heavy atom. The molecule has 3 nitrogen and oxygen atoms in total. The van der Waals surface area contributed by atoms with Crippen molar-refractivity contribution in [2.24, 2.45) is 0 Å². The minimum atomic E-state index is 0.00755. The molecule has 2 heterocycles. The molecule has 0 saturated carbocycles. The van der Waals surface area contributed by atoms with Crippen LogP contribution in [0.5, 0.6) is 0 Å². The summed E-state index contributed by atoms with van der Waals surface area (Å²) in [5.41, 5.74) is 2.74. The van der Waals surface area contributed by atoms with Gasteiger partial charge in [-0.3, -0.25) is 9.20 Å². The van der Waals surface area contributed by atoms with Gasteiger partial charge in [-0.25, -0.2) is 4.98 Å². The molecule has 86 valence electrons. The maximum absolute atomic E-state index is 12.4. The first kappa shape index (κ1) is 10.9. The van der Waals surface area contributed by atoms with Crippen molar-refractivity contribution in [2.45, 2.75) is 13.8 Å². The second-order valence-corrected chi connectivity index (χ2v) is 6.26. The van der Waals surface area contributed by atoms with Crippen LogP contribution in [0.2, 0.25) is 0 Å². The second kappa shape index (κ2) is 3.65. The van der Waals surface area contributed by atoms with E-state index in [0.29, 0.717) is 5.39 Å². The smallest absolute Gasteiger partial charge is 0.266 e. The lowest BCUT2D eigenvalue weighted by Crippen LogP contribution is -2.15.